The highest BCUT2D eigenvalue weighted by atomic mass is 19.1. The van der Waals surface area contributed by atoms with Crippen molar-refractivity contribution in [2.24, 2.45) is 5.92 Å². The third-order valence-corrected chi connectivity index (χ3v) is 4.44. The normalized spacial score (nSPS) is 18.8. The molecule has 0 spiro atoms. The van der Waals surface area contributed by atoms with Crippen molar-refractivity contribution in [1.82, 2.24) is 5.32 Å². The Labute approximate surface area is 141 Å². The largest absolute Gasteiger partial charge is 0.342 e. The Balaban J connectivity index is 2.28. The van der Waals surface area contributed by atoms with Crippen LogP contribution in [-0.4, -0.2) is 5.91 Å². The third kappa shape index (κ3) is 2.90. The molecule has 0 radical (unpaired) electrons. The van der Waals surface area contributed by atoms with Crippen LogP contribution in [0.25, 0.3) is 0 Å². The zero-order valence-electron chi connectivity index (χ0n) is 13.6. The molecule has 2 unspecified atom stereocenters. The summed E-state index contributed by atoms with van der Waals surface area (Å²) in [5, 5.41) is 3.07. The summed E-state index contributed by atoms with van der Waals surface area (Å²) in [6.07, 6.45) is 8.73. The third-order valence-electron chi connectivity index (χ3n) is 4.44. The van der Waals surface area contributed by atoms with Crippen molar-refractivity contribution >= 4 is 5.91 Å². The van der Waals surface area contributed by atoms with Crippen LogP contribution < -0.4 is 5.32 Å². The van der Waals surface area contributed by atoms with E-state index in [1.807, 2.05) is 54.6 Å². The molecule has 0 heterocycles. The minimum absolute atomic E-state index is 0.0781. The Bertz CT molecular complexity index is 781. The number of hydrogen-bond donors (Lipinski definition) is 1. The summed E-state index contributed by atoms with van der Waals surface area (Å²) >= 11 is 0. The highest BCUT2D eigenvalue weighted by molar-refractivity contribution is 5.75. The van der Waals surface area contributed by atoms with Crippen molar-refractivity contribution in [2.75, 3.05) is 0 Å². The second-order valence-electron chi connectivity index (χ2n) is 5.99. The van der Waals surface area contributed by atoms with Gasteiger partial charge in [-0.1, -0.05) is 72.8 Å². The molecule has 122 valence electrons. The van der Waals surface area contributed by atoms with Crippen molar-refractivity contribution in [2.45, 2.75) is 18.9 Å². The summed E-state index contributed by atoms with van der Waals surface area (Å²) in [5.74, 6) is -0.589. The van der Waals surface area contributed by atoms with Crippen LogP contribution in [0.1, 0.15) is 24.5 Å². The summed E-state index contributed by atoms with van der Waals surface area (Å²) in [7, 11) is 0. The SMILES string of the molecule is CC(=O)NC(c1ccccc1)(c1ccccc1F)C1C=CC=CC1. The maximum Gasteiger partial charge on any atom is 0.217 e. The van der Waals surface area contributed by atoms with Gasteiger partial charge in [-0.2, -0.15) is 0 Å². The van der Waals surface area contributed by atoms with Gasteiger partial charge in [0.25, 0.3) is 0 Å². The predicted octanol–water partition coefficient (Wildman–Crippen LogP) is 4.34. The number of amides is 1. The van der Waals surface area contributed by atoms with Gasteiger partial charge in [0.1, 0.15) is 5.82 Å². The van der Waals surface area contributed by atoms with E-state index < -0.39 is 5.54 Å². The monoisotopic (exact) mass is 321 g/mol. The lowest BCUT2D eigenvalue weighted by Crippen LogP contribution is -2.51. The molecule has 2 aromatic rings. The van der Waals surface area contributed by atoms with Crippen molar-refractivity contribution in [3.63, 3.8) is 0 Å². The summed E-state index contributed by atoms with van der Waals surface area (Å²) < 4.78 is 14.8. The number of hydrogen-bond acceptors (Lipinski definition) is 1. The van der Waals surface area contributed by atoms with E-state index in [2.05, 4.69) is 5.32 Å². The Morgan fingerprint density at radius 2 is 1.79 bits per heavy atom. The van der Waals surface area contributed by atoms with Gasteiger partial charge in [-0.25, -0.2) is 4.39 Å². The number of rotatable bonds is 4. The topological polar surface area (TPSA) is 29.1 Å². The van der Waals surface area contributed by atoms with Crippen LogP contribution in [0.2, 0.25) is 0 Å². The molecule has 0 aliphatic heterocycles. The Hall–Kier alpha value is -2.68. The van der Waals surface area contributed by atoms with Gasteiger partial charge in [0.2, 0.25) is 5.91 Å². The minimum Gasteiger partial charge on any atom is -0.342 e. The highest BCUT2D eigenvalue weighted by Crippen LogP contribution is 2.41. The molecule has 2 nitrogen and oxygen atoms in total. The van der Waals surface area contributed by atoms with Gasteiger partial charge in [0.15, 0.2) is 0 Å². The average Bonchev–Trinajstić information content (AvgIpc) is 2.62. The zero-order chi connectivity index (χ0) is 17.0. The molecule has 0 saturated heterocycles. The van der Waals surface area contributed by atoms with Crippen LogP contribution in [0.4, 0.5) is 4.39 Å². The molecule has 3 rings (SSSR count). The quantitative estimate of drug-likeness (QED) is 0.892. The van der Waals surface area contributed by atoms with E-state index in [1.165, 1.54) is 13.0 Å². The second kappa shape index (κ2) is 6.83. The molecular weight excluding hydrogens is 301 g/mol. The van der Waals surface area contributed by atoms with E-state index >= 15 is 0 Å². The molecule has 24 heavy (non-hydrogen) atoms. The van der Waals surface area contributed by atoms with E-state index in [-0.39, 0.29) is 17.6 Å². The standard InChI is InChI=1S/C21H20FNO/c1-16(24)23-21(17-10-4-2-5-11-17,18-12-6-3-7-13-18)19-14-8-9-15-20(19)22/h2-12,14-15,18H,13H2,1H3,(H,23,24). The Morgan fingerprint density at radius 1 is 1.08 bits per heavy atom. The molecular formula is C21H20FNO. The smallest absolute Gasteiger partial charge is 0.217 e. The number of benzene rings is 2. The number of nitrogens with one attached hydrogen (secondary N) is 1. The molecule has 2 atom stereocenters. The van der Waals surface area contributed by atoms with Gasteiger partial charge in [0, 0.05) is 18.4 Å². The molecule has 0 aromatic heterocycles. The van der Waals surface area contributed by atoms with E-state index in [0.29, 0.717) is 5.56 Å². The summed E-state index contributed by atoms with van der Waals surface area (Å²) in [6.45, 7) is 1.47. The molecule has 0 saturated carbocycles. The van der Waals surface area contributed by atoms with Crippen molar-refractivity contribution in [1.29, 1.82) is 0 Å². The lowest BCUT2D eigenvalue weighted by molar-refractivity contribution is -0.121. The van der Waals surface area contributed by atoms with Gasteiger partial charge < -0.3 is 5.32 Å². The Kier molecular flexibility index (Phi) is 4.61. The van der Waals surface area contributed by atoms with Crippen LogP contribution >= 0.6 is 0 Å². The first-order valence-electron chi connectivity index (χ1n) is 8.07. The van der Waals surface area contributed by atoms with Crippen LogP contribution in [0, 0.1) is 11.7 Å². The van der Waals surface area contributed by atoms with E-state index in [4.69, 9.17) is 0 Å². The molecule has 1 aliphatic rings. The maximum atomic E-state index is 14.8. The number of carbonyl (C=O) groups excluding carboxylic acids is 1. The van der Waals surface area contributed by atoms with E-state index in [0.717, 1.165) is 12.0 Å². The maximum absolute atomic E-state index is 14.8. The lowest BCUT2D eigenvalue weighted by atomic mass is 9.70. The molecule has 2 aromatic carbocycles. The first-order chi connectivity index (χ1) is 11.6. The predicted molar refractivity (Wildman–Crippen MR) is 93.8 cm³/mol. The fraction of sp³-hybridized carbons (Fsp3) is 0.190. The Morgan fingerprint density at radius 3 is 2.42 bits per heavy atom. The fourth-order valence-electron chi connectivity index (χ4n) is 3.46. The summed E-state index contributed by atoms with van der Waals surface area (Å²) in [5.41, 5.74) is 0.409. The number of allylic oxidation sites excluding steroid dienone is 3. The van der Waals surface area contributed by atoms with Crippen molar-refractivity contribution in [3.8, 4) is 0 Å². The van der Waals surface area contributed by atoms with Gasteiger partial charge in [-0.05, 0) is 18.1 Å². The molecule has 1 aliphatic carbocycles. The summed E-state index contributed by atoms with van der Waals surface area (Å²) in [6, 6.07) is 16.3. The first-order valence-corrected chi connectivity index (χ1v) is 8.07. The van der Waals surface area contributed by atoms with E-state index in [1.54, 1.807) is 18.2 Å². The van der Waals surface area contributed by atoms with Gasteiger partial charge in [-0.15, -0.1) is 0 Å². The summed E-state index contributed by atoms with van der Waals surface area (Å²) in [4.78, 5) is 12.1. The van der Waals surface area contributed by atoms with Crippen LogP contribution in [0.3, 0.4) is 0 Å². The lowest BCUT2D eigenvalue weighted by Gasteiger charge is -2.41. The average molecular weight is 321 g/mol. The van der Waals surface area contributed by atoms with Crippen LogP contribution in [0.5, 0.6) is 0 Å². The molecule has 1 amide bonds. The molecule has 0 fully saturated rings. The molecule has 1 N–H and O–H groups in total. The van der Waals surface area contributed by atoms with E-state index in [9.17, 15) is 9.18 Å². The molecule has 0 bridgehead atoms. The highest BCUT2D eigenvalue weighted by Gasteiger charge is 2.43. The second-order valence-corrected chi connectivity index (χ2v) is 5.99. The van der Waals surface area contributed by atoms with Crippen molar-refractivity contribution < 1.29 is 9.18 Å². The zero-order valence-corrected chi connectivity index (χ0v) is 13.6. The van der Waals surface area contributed by atoms with Gasteiger partial charge >= 0.3 is 0 Å². The number of halogens is 1. The molecule has 3 heteroatoms. The van der Waals surface area contributed by atoms with Crippen molar-refractivity contribution in [3.05, 3.63) is 95.8 Å². The number of carbonyl (C=O) groups is 1. The fourth-order valence-corrected chi connectivity index (χ4v) is 3.46. The van der Waals surface area contributed by atoms with Gasteiger partial charge in [-0.3, -0.25) is 4.79 Å². The van der Waals surface area contributed by atoms with Crippen LogP contribution in [-0.2, 0) is 10.3 Å². The van der Waals surface area contributed by atoms with Gasteiger partial charge in [0.05, 0.1) is 5.54 Å². The van der Waals surface area contributed by atoms with Crippen LogP contribution in [0.15, 0.2) is 78.9 Å². The minimum atomic E-state index is -0.945. The first kappa shape index (κ1) is 16.2.